The van der Waals surface area contributed by atoms with Crippen LogP contribution in [0, 0.1) is 12.8 Å². The van der Waals surface area contributed by atoms with Crippen LogP contribution in [-0.2, 0) is 4.79 Å². The summed E-state index contributed by atoms with van der Waals surface area (Å²) in [5.41, 5.74) is 7.58. The molecule has 1 aromatic rings. The van der Waals surface area contributed by atoms with E-state index in [1.807, 2.05) is 26.8 Å². The molecule has 0 aliphatic heterocycles. The van der Waals surface area contributed by atoms with Crippen molar-refractivity contribution in [1.29, 1.82) is 0 Å². The SMILES string of the molecule is CNC(=O)C(CC(C)C)NC(=O)c1cc(C)ccc1N. The van der Waals surface area contributed by atoms with Gasteiger partial charge in [-0.15, -0.1) is 0 Å². The van der Waals surface area contributed by atoms with Gasteiger partial charge in [-0.1, -0.05) is 25.5 Å². The van der Waals surface area contributed by atoms with Crippen molar-refractivity contribution >= 4 is 17.5 Å². The monoisotopic (exact) mass is 277 g/mol. The summed E-state index contributed by atoms with van der Waals surface area (Å²) in [4.78, 5) is 24.1. The third-order valence-electron chi connectivity index (χ3n) is 3.03. The highest BCUT2D eigenvalue weighted by Crippen LogP contribution is 2.14. The molecule has 0 radical (unpaired) electrons. The molecule has 0 heterocycles. The molecule has 1 aromatic carbocycles. The first-order chi connectivity index (χ1) is 9.35. The van der Waals surface area contributed by atoms with Crippen LogP contribution in [0.25, 0.3) is 0 Å². The van der Waals surface area contributed by atoms with E-state index in [9.17, 15) is 9.59 Å². The lowest BCUT2D eigenvalue weighted by molar-refractivity contribution is -0.122. The van der Waals surface area contributed by atoms with Gasteiger partial charge in [0.1, 0.15) is 6.04 Å². The van der Waals surface area contributed by atoms with Crippen molar-refractivity contribution in [3.05, 3.63) is 29.3 Å². The lowest BCUT2D eigenvalue weighted by atomic mass is 10.0. The third kappa shape index (κ3) is 4.26. The van der Waals surface area contributed by atoms with E-state index in [0.29, 0.717) is 23.6 Å². The van der Waals surface area contributed by atoms with Crippen LogP contribution in [0.2, 0.25) is 0 Å². The Morgan fingerprint density at radius 1 is 1.30 bits per heavy atom. The fraction of sp³-hybridized carbons (Fsp3) is 0.467. The lowest BCUT2D eigenvalue weighted by Gasteiger charge is -2.19. The van der Waals surface area contributed by atoms with Gasteiger partial charge in [-0.25, -0.2) is 0 Å². The predicted molar refractivity (Wildman–Crippen MR) is 80.4 cm³/mol. The zero-order valence-corrected chi connectivity index (χ0v) is 12.5. The number of amides is 2. The van der Waals surface area contributed by atoms with E-state index >= 15 is 0 Å². The van der Waals surface area contributed by atoms with Crippen molar-refractivity contribution in [2.45, 2.75) is 33.2 Å². The molecule has 0 aliphatic rings. The maximum absolute atomic E-state index is 12.3. The molecule has 1 unspecified atom stereocenters. The van der Waals surface area contributed by atoms with Crippen molar-refractivity contribution in [3.8, 4) is 0 Å². The van der Waals surface area contributed by atoms with Crippen molar-refractivity contribution in [3.63, 3.8) is 0 Å². The van der Waals surface area contributed by atoms with Gasteiger partial charge >= 0.3 is 0 Å². The van der Waals surface area contributed by atoms with Crippen LogP contribution in [0.15, 0.2) is 18.2 Å². The molecule has 0 aromatic heterocycles. The van der Waals surface area contributed by atoms with Gasteiger partial charge in [0.2, 0.25) is 5.91 Å². The largest absolute Gasteiger partial charge is 0.398 e. The summed E-state index contributed by atoms with van der Waals surface area (Å²) in [5, 5.41) is 5.32. The van der Waals surface area contributed by atoms with Crippen molar-refractivity contribution in [1.82, 2.24) is 10.6 Å². The van der Waals surface area contributed by atoms with E-state index in [2.05, 4.69) is 10.6 Å². The molecule has 0 saturated carbocycles. The molecule has 0 saturated heterocycles. The van der Waals surface area contributed by atoms with E-state index in [4.69, 9.17) is 5.73 Å². The first kappa shape index (κ1) is 16.0. The smallest absolute Gasteiger partial charge is 0.254 e. The van der Waals surface area contributed by atoms with Crippen LogP contribution in [0.1, 0.15) is 36.2 Å². The van der Waals surface area contributed by atoms with E-state index in [0.717, 1.165) is 5.56 Å². The zero-order valence-electron chi connectivity index (χ0n) is 12.5. The Morgan fingerprint density at radius 3 is 2.50 bits per heavy atom. The standard InChI is InChI=1S/C15H23N3O2/c1-9(2)7-13(15(20)17-4)18-14(19)11-8-10(3)5-6-12(11)16/h5-6,8-9,13H,7,16H2,1-4H3,(H,17,20)(H,18,19). The topological polar surface area (TPSA) is 84.2 Å². The second kappa shape index (κ2) is 6.93. The Hall–Kier alpha value is -2.04. The highest BCUT2D eigenvalue weighted by molar-refractivity contribution is 6.01. The number of nitrogens with two attached hydrogens (primary N) is 1. The van der Waals surface area contributed by atoms with Gasteiger partial charge < -0.3 is 16.4 Å². The maximum Gasteiger partial charge on any atom is 0.254 e. The highest BCUT2D eigenvalue weighted by atomic mass is 16.2. The summed E-state index contributed by atoms with van der Waals surface area (Å²) in [6, 6.07) is 4.71. The van der Waals surface area contributed by atoms with Crippen LogP contribution in [-0.4, -0.2) is 24.9 Å². The number of carbonyl (C=O) groups excluding carboxylic acids is 2. The molecule has 1 rings (SSSR count). The average Bonchev–Trinajstić information content (AvgIpc) is 2.39. The van der Waals surface area contributed by atoms with Crippen LogP contribution in [0.3, 0.4) is 0 Å². The van der Waals surface area contributed by atoms with Gasteiger partial charge in [0.15, 0.2) is 0 Å². The molecule has 4 N–H and O–H groups in total. The normalized spacial score (nSPS) is 12.1. The molecule has 0 spiro atoms. The minimum Gasteiger partial charge on any atom is -0.398 e. The number of aryl methyl sites for hydroxylation is 1. The first-order valence-corrected chi connectivity index (χ1v) is 6.73. The van der Waals surface area contributed by atoms with Crippen LogP contribution >= 0.6 is 0 Å². The second-order valence-electron chi connectivity index (χ2n) is 5.36. The van der Waals surface area contributed by atoms with Gasteiger partial charge in [-0.2, -0.15) is 0 Å². The van der Waals surface area contributed by atoms with Gasteiger partial charge in [0.05, 0.1) is 5.56 Å². The molecule has 20 heavy (non-hydrogen) atoms. The summed E-state index contributed by atoms with van der Waals surface area (Å²) in [6.45, 7) is 5.90. The number of anilines is 1. The van der Waals surface area contributed by atoms with Crippen molar-refractivity contribution in [2.24, 2.45) is 5.92 Å². The minimum atomic E-state index is -0.549. The number of hydrogen-bond acceptors (Lipinski definition) is 3. The Morgan fingerprint density at radius 2 is 1.95 bits per heavy atom. The summed E-state index contributed by atoms with van der Waals surface area (Å²) in [5.74, 6) is -0.216. The number of hydrogen-bond donors (Lipinski definition) is 3. The summed E-state index contributed by atoms with van der Waals surface area (Å²) in [6.07, 6.45) is 0.580. The van der Waals surface area contributed by atoms with E-state index < -0.39 is 6.04 Å². The molecular weight excluding hydrogens is 254 g/mol. The molecule has 5 heteroatoms. The highest BCUT2D eigenvalue weighted by Gasteiger charge is 2.22. The molecule has 110 valence electrons. The minimum absolute atomic E-state index is 0.196. The Bertz CT molecular complexity index is 498. The van der Waals surface area contributed by atoms with Gasteiger partial charge in [-0.05, 0) is 31.4 Å². The summed E-state index contributed by atoms with van der Waals surface area (Å²) >= 11 is 0. The van der Waals surface area contributed by atoms with Crippen LogP contribution in [0.4, 0.5) is 5.69 Å². The molecular formula is C15H23N3O2. The van der Waals surface area contributed by atoms with Crippen molar-refractivity contribution in [2.75, 3.05) is 12.8 Å². The lowest BCUT2D eigenvalue weighted by Crippen LogP contribution is -2.46. The van der Waals surface area contributed by atoms with Gasteiger partial charge in [0.25, 0.3) is 5.91 Å². The van der Waals surface area contributed by atoms with Crippen LogP contribution < -0.4 is 16.4 Å². The first-order valence-electron chi connectivity index (χ1n) is 6.73. The third-order valence-corrected chi connectivity index (χ3v) is 3.03. The van der Waals surface area contributed by atoms with Gasteiger partial charge in [0, 0.05) is 12.7 Å². The van der Waals surface area contributed by atoms with E-state index in [-0.39, 0.29) is 11.8 Å². The molecule has 0 fully saturated rings. The maximum atomic E-state index is 12.3. The quantitative estimate of drug-likeness (QED) is 0.713. The Kier molecular flexibility index (Phi) is 5.55. The second-order valence-corrected chi connectivity index (χ2v) is 5.36. The Balaban J connectivity index is 2.90. The summed E-state index contributed by atoms with van der Waals surface area (Å²) in [7, 11) is 1.56. The Labute approximate surface area is 119 Å². The molecule has 1 atom stereocenters. The summed E-state index contributed by atoms with van der Waals surface area (Å²) < 4.78 is 0. The molecule has 0 aliphatic carbocycles. The number of nitrogen functional groups attached to an aromatic ring is 1. The van der Waals surface area contributed by atoms with Gasteiger partial charge in [-0.3, -0.25) is 9.59 Å². The van der Waals surface area contributed by atoms with E-state index in [1.165, 1.54) is 0 Å². The van der Waals surface area contributed by atoms with E-state index in [1.54, 1.807) is 19.2 Å². The van der Waals surface area contributed by atoms with Crippen LogP contribution in [0.5, 0.6) is 0 Å². The fourth-order valence-corrected chi connectivity index (χ4v) is 1.98. The average molecular weight is 277 g/mol. The molecule has 0 bridgehead atoms. The van der Waals surface area contributed by atoms with Crippen molar-refractivity contribution < 1.29 is 9.59 Å². The fourth-order valence-electron chi connectivity index (χ4n) is 1.98. The number of likely N-dealkylation sites (N-methyl/N-ethyl adjacent to an activating group) is 1. The molecule has 2 amide bonds. The number of benzene rings is 1. The molecule has 5 nitrogen and oxygen atoms in total. The zero-order chi connectivity index (χ0) is 15.3. The number of rotatable bonds is 5. The predicted octanol–water partition coefficient (Wildman–Crippen LogP) is 1.47. The number of nitrogens with one attached hydrogen (secondary N) is 2. The number of carbonyl (C=O) groups is 2.